The number of hydrogen-bond donors (Lipinski definition) is 3. The van der Waals surface area contributed by atoms with E-state index in [2.05, 4.69) is 50.5 Å². The van der Waals surface area contributed by atoms with E-state index in [-0.39, 0.29) is 11.8 Å². The van der Waals surface area contributed by atoms with Gasteiger partial charge in [0.05, 0.1) is 17.7 Å². The molecule has 0 radical (unpaired) electrons. The number of benzene rings is 1. The lowest BCUT2D eigenvalue weighted by molar-refractivity contribution is -0.110. The highest BCUT2D eigenvalue weighted by Gasteiger charge is 2.25. The van der Waals surface area contributed by atoms with Gasteiger partial charge >= 0.3 is 0 Å². The number of aromatic amines is 1. The number of rotatable bonds is 8. The predicted molar refractivity (Wildman–Crippen MR) is 122 cm³/mol. The Morgan fingerprint density at radius 3 is 2.70 bits per heavy atom. The topological polar surface area (TPSA) is 86.5 Å². The van der Waals surface area contributed by atoms with E-state index in [0.717, 1.165) is 52.3 Å². The maximum absolute atomic E-state index is 12.7. The molecule has 0 spiro atoms. The summed E-state index contributed by atoms with van der Waals surface area (Å²) in [5.41, 5.74) is 7.41. The van der Waals surface area contributed by atoms with Gasteiger partial charge in [0.2, 0.25) is 0 Å². The molecule has 1 aliphatic rings. The second-order valence-corrected chi connectivity index (χ2v) is 8.09. The lowest BCUT2D eigenvalue weighted by atomic mass is 10.0. The van der Waals surface area contributed by atoms with Gasteiger partial charge in [-0.3, -0.25) is 14.4 Å². The van der Waals surface area contributed by atoms with Gasteiger partial charge in [-0.15, -0.1) is 0 Å². The Labute approximate surface area is 184 Å². The van der Waals surface area contributed by atoms with E-state index in [1.165, 1.54) is 0 Å². The van der Waals surface area contributed by atoms with Crippen LogP contribution >= 0.6 is 15.9 Å². The van der Waals surface area contributed by atoms with Crippen molar-refractivity contribution in [1.29, 1.82) is 0 Å². The van der Waals surface area contributed by atoms with Crippen LogP contribution in [0.5, 0.6) is 0 Å². The molecule has 8 heteroatoms. The summed E-state index contributed by atoms with van der Waals surface area (Å²) in [6.45, 7) is 10.9. The van der Waals surface area contributed by atoms with Crippen LogP contribution in [0.15, 0.2) is 22.7 Å². The molecule has 0 saturated carbocycles. The third-order valence-corrected chi connectivity index (χ3v) is 5.82. The number of anilines is 1. The molecule has 2 aromatic rings. The fraction of sp³-hybridized carbons (Fsp3) is 0.364. The molecule has 3 rings (SSSR count). The number of fused-ring (bicyclic) bond motifs is 1. The van der Waals surface area contributed by atoms with Gasteiger partial charge in [-0.2, -0.15) is 0 Å². The van der Waals surface area contributed by atoms with E-state index < -0.39 is 0 Å². The summed E-state index contributed by atoms with van der Waals surface area (Å²) in [7, 11) is 0. The minimum Gasteiger partial charge on any atom is -0.358 e. The van der Waals surface area contributed by atoms with Gasteiger partial charge in [0, 0.05) is 33.7 Å². The molecule has 30 heavy (non-hydrogen) atoms. The zero-order valence-corrected chi connectivity index (χ0v) is 19.3. The summed E-state index contributed by atoms with van der Waals surface area (Å²) in [6, 6.07) is 5.65. The first-order chi connectivity index (χ1) is 14.3. The van der Waals surface area contributed by atoms with Gasteiger partial charge in [-0.25, -0.2) is 5.48 Å². The minimum absolute atomic E-state index is 0.166. The highest BCUT2D eigenvalue weighted by atomic mass is 79.9. The van der Waals surface area contributed by atoms with Crippen LogP contribution in [-0.2, 0) is 9.63 Å². The van der Waals surface area contributed by atoms with Crippen molar-refractivity contribution in [2.24, 2.45) is 0 Å². The Kier molecular flexibility index (Phi) is 7.12. The molecular formula is C22H27BrN4O3. The Morgan fingerprint density at radius 2 is 2.00 bits per heavy atom. The Balaban J connectivity index is 1.76. The van der Waals surface area contributed by atoms with Gasteiger partial charge in [0.1, 0.15) is 0 Å². The van der Waals surface area contributed by atoms with Gasteiger partial charge in [0.15, 0.2) is 0 Å². The van der Waals surface area contributed by atoms with E-state index in [4.69, 9.17) is 4.84 Å². The Hall–Kier alpha value is -2.42. The maximum atomic E-state index is 12.7. The molecule has 3 N–H and O–H groups in total. The largest absolute Gasteiger partial charge is 0.358 e. The van der Waals surface area contributed by atoms with E-state index in [1.807, 2.05) is 32.0 Å². The van der Waals surface area contributed by atoms with Gasteiger partial charge in [0.25, 0.3) is 11.8 Å². The van der Waals surface area contributed by atoms with Crippen molar-refractivity contribution in [3.63, 3.8) is 0 Å². The molecular weight excluding hydrogens is 448 g/mol. The summed E-state index contributed by atoms with van der Waals surface area (Å²) in [5, 5.41) is 2.87. The second kappa shape index (κ2) is 9.59. The number of carbonyl (C=O) groups is 2. The van der Waals surface area contributed by atoms with Crippen molar-refractivity contribution < 1.29 is 14.4 Å². The average molecular weight is 475 g/mol. The fourth-order valence-corrected chi connectivity index (χ4v) is 3.95. The van der Waals surface area contributed by atoms with E-state index in [9.17, 15) is 9.59 Å². The molecule has 0 bridgehead atoms. The average Bonchev–Trinajstić information content (AvgIpc) is 3.17. The van der Waals surface area contributed by atoms with E-state index in [0.29, 0.717) is 17.7 Å². The SMILES string of the molecule is CCN(CC)CCONC(=O)c1c(C)[nH]c(/C=C2\C(=O)Nc3ccc(Br)cc32)c1C. The smallest absolute Gasteiger partial charge is 0.276 e. The molecule has 0 fully saturated rings. The molecule has 1 aromatic carbocycles. The number of halogens is 1. The predicted octanol–water partition coefficient (Wildman–Crippen LogP) is 3.89. The zero-order valence-electron chi connectivity index (χ0n) is 17.7. The van der Waals surface area contributed by atoms with Crippen LogP contribution in [0.1, 0.15) is 46.7 Å². The number of aryl methyl sites for hydroxylation is 1. The third kappa shape index (κ3) is 4.66. The van der Waals surface area contributed by atoms with Gasteiger partial charge in [-0.1, -0.05) is 29.8 Å². The third-order valence-electron chi connectivity index (χ3n) is 5.33. The molecule has 0 aliphatic carbocycles. The van der Waals surface area contributed by atoms with Crippen LogP contribution in [0.2, 0.25) is 0 Å². The van der Waals surface area contributed by atoms with Crippen molar-refractivity contribution in [2.75, 3.05) is 31.6 Å². The minimum atomic E-state index is -0.301. The van der Waals surface area contributed by atoms with Crippen molar-refractivity contribution in [1.82, 2.24) is 15.4 Å². The first kappa shape index (κ1) is 22.3. The number of amides is 2. The first-order valence-electron chi connectivity index (χ1n) is 10.0. The van der Waals surface area contributed by atoms with Gasteiger partial charge < -0.3 is 15.2 Å². The number of aromatic nitrogens is 1. The van der Waals surface area contributed by atoms with Gasteiger partial charge in [-0.05, 0) is 56.8 Å². The summed E-state index contributed by atoms with van der Waals surface area (Å²) in [5.74, 6) is -0.468. The van der Waals surface area contributed by atoms with Crippen LogP contribution < -0.4 is 10.8 Å². The monoisotopic (exact) mass is 474 g/mol. The van der Waals surface area contributed by atoms with E-state index in [1.54, 1.807) is 6.08 Å². The highest BCUT2D eigenvalue weighted by Crippen LogP contribution is 2.35. The van der Waals surface area contributed by atoms with Crippen LogP contribution in [0, 0.1) is 13.8 Å². The lowest BCUT2D eigenvalue weighted by Crippen LogP contribution is -2.31. The molecule has 0 saturated heterocycles. The summed E-state index contributed by atoms with van der Waals surface area (Å²) >= 11 is 3.45. The van der Waals surface area contributed by atoms with E-state index >= 15 is 0 Å². The van der Waals surface area contributed by atoms with Crippen LogP contribution in [-0.4, -0.2) is 47.9 Å². The standard InChI is InChI=1S/C22H27BrN4O3/c1-5-27(6-2)9-10-30-26-22(29)20-13(3)19(24-14(20)4)12-17-16-11-15(23)7-8-18(16)25-21(17)28/h7-8,11-12,24H,5-6,9-10H2,1-4H3,(H,25,28)(H,26,29)/b17-12-. The molecule has 1 aliphatic heterocycles. The number of nitrogens with one attached hydrogen (secondary N) is 3. The molecule has 7 nitrogen and oxygen atoms in total. The second-order valence-electron chi connectivity index (χ2n) is 7.17. The van der Waals surface area contributed by atoms with Crippen molar-refractivity contribution >= 4 is 45.1 Å². The number of H-pyrrole nitrogens is 1. The molecule has 160 valence electrons. The Bertz CT molecular complexity index is 993. The fourth-order valence-electron chi connectivity index (χ4n) is 3.59. The summed E-state index contributed by atoms with van der Waals surface area (Å²) in [6.07, 6.45) is 1.79. The Morgan fingerprint density at radius 1 is 1.27 bits per heavy atom. The van der Waals surface area contributed by atoms with Crippen LogP contribution in [0.3, 0.4) is 0 Å². The number of hydrogen-bond acceptors (Lipinski definition) is 4. The molecule has 0 unspecified atom stereocenters. The quantitative estimate of drug-likeness (QED) is 0.307. The van der Waals surface area contributed by atoms with Crippen molar-refractivity contribution in [3.8, 4) is 0 Å². The molecule has 1 aromatic heterocycles. The van der Waals surface area contributed by atoms with Crippen LogP contribution in [0.4, 0.5) is 5.69 Å². The number of nitrogens with zero attached hydrogens (tertiary/aromatic N) is 1. The van der Waals surface area contributed by atoms with Crippen molar-refractivity contribution in [2.45, 2.75) is 27.7 Å². The summed E-state index contributed by atoms with van der Waals surface area (Å²) < 4.78 is 0.893. The summed E-state index contributed by atoms with van der Waals surface area (Å²) in [4.78, 5) is 35.9. The normalized spacial score (nSPS) is 14.3. The number of likely N-dealkylation sites (N-methyl/N-ethyl adjacent to an activating group) is 1. The molecule has 2 amide bonds. The number of carbonyl (C=O) groups excluding carboxylic acids is 2. The molecule has 0 atom stereocenters. The lowest BCUT2D eigenvalue weighted by Gasteiger charge is -2.17. The zero-order chi connectivity index (χ0) is 21.8. The highest BCUT2D eigenvalue weighted by molar-refractivity contribution is 9.10. The maximum Gasteiger partial charge on any atom is 0.276 e. The first-order valence-corrected chi connectivity index (χ1v) is 10.8. The number of hydroxylamine groups is 1. The molecule has 2 heterocycles. The van der Waals surface area contributed by atoms with Crippen molar-refractivity contribution in [3.05, 3.63) is 50.8 Å². The van der Waals surface area contributed by atoms with Crippen LogP contribution in [0.25, 0.3) is 11.6 Å².